The molecule has 2 unspecified atom stereocenters. The molecule has 4 atom stereocenters. The summed E-state index contributed by atoms with van der Waals surface area (Å²) in [6, 6.07) is 1.95. The van der Waals surface area contributed by atoms with Crippen molar-refractivity contribution in [2.24, 2.45) is 5.16 Å². The Hall–Kier alpha value is -3.86. The van der Waals surface area contributed by atoms with Crippen LogP contribution in [0.2, 0.25) is 0 Å². The Morgan fingerprint density at radius 2 is 2.19 bits per heavy atom. The van der Waals surface area contributed by atoms with Gasteiger partial charge in [0.05, 0.1) is 12.7 Å². The second-order valence-electron chi connectivity index (χ2n) is 7.94. The largest absolute Gasteiger partial charge is 0.481 e. The molecule has 1 saturated heterocycles. The van der Waals surface area contributed by atoms with Gasteiger partial charge >= 0.3 is 11.9 Å². The lowest BCUT2D eigenvalue weighted by Gasteiger charge is -2.49. The molecule has 4 rings (SSSR count). The molecule has 0 spiro atoms. The molecule has 4 N–H and O–H groups in total. The molecule has 0 bridgehead atoms. The lowest BCUT2D eigenvalue weighted by atomic mass is 10.0. The number of β-lactam (4-membered cyclic amide) rings is 1. The number of oxime groups is 1. The Kier molecular flexibility index (Phi) is 7.82. The Morgan fingerprint density at radius 1 is 1.41 bits per heavy atom. The van der Waals surface area contributed by atoms with E-state index in [9.17, 15) is 24.3 Å². The highest BCUT2D eigenvalue weighted by molar-refractivity contribution is 8.01. The number of tetrazole rings is 1. The van der Waals surface area contributed by atoms with Crippen molar-refractivity contribution in [2.75, 3.05) is 5.75 Å². The molecule has 0 radical (unpaired) electrons. The maximum Gasteiger partial charge on any atom is 0.352 e. The molecule has 0 saturated carbocycles. The Labute approximate surface area is 217 Å². The van der Waals surface area contributed by atoms with E-state index in [1.165, 1.54) is 48.8 Å². The van der Waals surface area contributed by atoms with Gasteiger partial charge in [-0.25, -0.2) is 9.89 Å². The first-order valence-corrected chi connectivity index (χ1v) is 12.7. The zero-order valence-electron chi connectivity index (χ0n) is 19.4. The number of carbonyl (C=O) groups excluding carboxylic acids is 2. The number of rotatable bonds is 11. The number of hydrogen-bond acceptors (Lipinski definition) is 12. The van der Waals surface area contributed by atoms with E-state index >= 15 is 0 Å². The highest BCUT2D eigenvalue weighted by atomic mass is 32.2. The molecule has 0 aromatic carbocycles. The number of carboxylic acids is 2. The number of nitrogens with zero attached hydrogens (tertiary/aromatic N) is 5. The number of thioether (sulfide) groups is 2. The van der Waals surface area contributed by atoms with E-state index in [0.29, 0.717) is 16.5 Å². The molecule has 4 heterocycles. The number of aliphatic carboxylic acids is 2. The van der Waals surface area contributed by atoms with Gasteiger partial charge in [-0.2, -0.15) is 0 Å². The van der Waals surface area contributed by atoms with Gasteiger partial charge in [-0.05, 0) is 42.0 Å². The quantitative estimate of drug-likeness (QED) is 0.128. The van der Waals surface area contributed by atoms with Crippen LogP contribution in [-0.4, -0.2) is 93.7 Å². The number of furan rings is 1. The fourth-order valence-electron chi connectivity index (χ4n) is 3.64. The summed E-state index contributed by atoms with van der Waals surface area (Å²) in [5.41, 5.74) is 0.0825. The van der Waals surface area contributed by atoms with E-state index in [1.807, 2.05) is 0 Å². The van der Waals surface area contributed by atoms with E-state index in [2.05, 4.69) is 31.1 Å². The van der Waals surface area contributed by atoms with E-state index in [0.717, 1.165) is 4.90 Å². The van der Waals surface area contributed by atoms with Crippen LogP contribution in [0.5, 0.6) is 0 Å². The molecule has 1 fully saturated rings. The zero-order chi connectivity index (χ0) is 26.7. The fourth-order valence-corrected chi connectivity index (χ4v) is 6.07. The molecule has 196 valence electrons. The lowest BCUT2D eigenvalue weighted by molar-refractivity contribution is -0.150. The zero-order valence-corrected chi connectivity index (χ0v) is 21.0. The molecule has 0 aliphatic carbocycles. The SMILES string of the molecule is CC(CC(=O)O)ON=C(C(=O)N[C@@H]1C(=O)N2C(C(=O)O)=C(C(C)Sc3nnn[nH]3)CS[C@H]12)c1ccco1. The van der Waals surface area contributed by atoms with Gasteiger partial charge < -0.3 is 24.8 Å². The third kappa shape index (κ3) is 5.61. The predicted octanol–water partition coefficient (Wildman–Crippen LogP) is 0.296. The molecular weight excluding hydrogens is 530 g/mol. The lowest BCUT2D eigenvalue weighted by Crippen LogP contribution is -2.71. The topological polar surface area (TPSA) is 213 Å². The summed E-state index contributed by atoms with van der Waals surface area (Å²) in [6.07, 6.45) is 0.131. The molecule has 37 heavy (non-hydrogen) atoms. The molecule has 2 aromatic rings. The van der Waals surface area contributed by atoms with Crippen LogP contribution in [0.4, 0.5) is 0 Å². The van der Waals surface area contributed by atoms with Crippen molar-refractivity contribution in [3.63, 3.8) is 0 Å². The molecular formula is C20H21N7O8S2. The normalized spacial score (nSPS) is 21.1. The average Bonchev–Trinajstić information content (AvgIpc) is 3.55. The van der Waals surface area contributed by atoms with Crippen molar-refractivity contribution in [1.82, 2.24) is 30.8 Å². The van der Waals surface area contributed by atoms with E-state index < -0.39 is 41.3 Å². The number of nitrogens with one attached hydrogen (secondary N) is 2. The van der Waals surface area contributed by atoms with E-state index in [1.54, 1.807) is 6.92 Å². The van der Waals surface area contributed by atoms with Crippen molar-refractivity contribution in [1.29, 1.82) is 0 Å². The van der Waals surface area contributed by atoms with Gasteiger partial charge in [0.2, 0.25) is 10.9 Å². The number of aromatic amines is 1. The highest BCUT2D eigenvalue weighted by Gasteiger charge is 2.55. The summed E-state index contributed by atoms with van der Waals surface area (Å²) in [7, 11) is 0. The van der Waals surface area contributed by atoms with Crippen molar-refractivity contribution in [3.8, 4) is 0 Å². The van der Waals surface area contributed by atoms with Crippen LogP contribution >= 0.6 is 23.5 Å². The summed E-state index contributed by atoms with van der Waals surface area (Å²) >= 11 is 2.53. The van der Waals surface area contributed by atoms with Crippen molar-refractivity contribution < 1.29 is 38.6 Å². The fraction of sp³-hybridized carbons (Fsp3) is 0.400. The standard InChI is InChI=1S/C20H21N7O8S2/c1-8(6-12(28)29)35-24-13(11-4-3-5-34-11)16(30)21-14-17(31)27-15(19(32)33)10(7-36-18(14)27)9(2)37-20-22-25-26-23-20/h3-5,8-9,14,18H,6-7H2,1-2H3,(H,21,30)(H,28,29)(H,32,33)(H,22,23,25,26)/t8?,9?,14-,18-/m1/s1. The molecule has 2 aliphatic heterocycles. The van der Waals surface area contributed by atoms with Crippen LogP contribution in [0, 0.1) is 0 Å². The number of H-pyrrole nitrogens is 1. The summed E-state index contributed by atoms with van der Waals surface area (Å²) in [6.45, 7) is 3.25. The Bertz CT molecular complexity index is 1250. The highest BCUT2D eigenvalue weighted by Crippen LogP contribution is 2.43. The molecule has 17 heteroatoms. The summed E-state index contributed by atoms with van der Waals surface area (Å²) < 4.78 is 5.24. The van der Waals surface area contributed by atoms with Crippen molar-refractivity contribution in [3.05, 3.63) is 35.4 Å². The maximum atomic E-state index is 13.0. The van der Waals surface area contributed by atoms with Crippen LogP contribution in [0.1, 0.15) is 26.0 Å². The van der Waals surface area contributed by atoms with Gasteiger partial charge in [0.25, 0.3) is 11.8 Å². The van der Waals surface area contributed by atoms with Gasteiger partial charge in [-0.15, -0.1) is 16.9 Å². The Balaban J connectivity index is 1.50. The van der Waals surface area contributed by atoms with Gasteiger partial charge in [-0.3, -0.25) is 19.3 Å². The van der Waals surface area contributed by atoms with Gasteiger partial charge in [0.1, 0.15) is 23.2 Å². The monoisotopic (exact) mass is 551 g/mol. The minimum absolute atomic E-state index is 0.0427. The minimum atomic E-state index is -1.26. The first kappa shape index (κ1) is 26.2. The molecule has 2 aromatic heterocycles. The molecule has 2 amide bonds. The van der Waals surface area contributed by atoms with Gasteiger partial charge in [0, 0.05) is 11.0 Å². The Morgan fingerprint density at radius 3 is 2.81 bits per heavy atom. The van der Waals surface area contributed by atoms with Crippen LogP contribution in [-0.2, 0) is 24.0 Å². The summed E-state index contributed by atoms with van der Waals surface area (Å²) in [5.74, 6) is -3.43. The first-order chi connectivity index (χ1) is 17.7. The third-order valence-corrected chi connectivity index (χ3v) is 7.68. The molecule has 15 nitrogen and oxygen atoms in total. The van der Waals surface area contributed by atoms with Crippen LogP contribution in [0.25, 0.3) is 0 Å². The van der Waals surface area contributed by atoms with Crippen LogP contribution in [0.15, 0.2) is 44.4 Å². The number of carbonyl (C=O) groups is 4. The smallest absolute Gasteiger partial charge is 0.352 e. The first-order valence-electron chi connectivity index (χ1n) is 10.8. The van der Waals surface area contributed by atoms with E-state index in [4.69, 9.17) is 14.4 Å². The number of amides is 2. The second kappa shape index (κ2) is 11.0. The van der Waals surface area contributed by atoms with Crippen LogP contribution in [0.3, 0.4) is 0 Å². The number of hydrogen-bond donors (Lipinski definition) is 4. The van der Waals surface area contributed by atoms with Gasteiger partial charge in [-0.1, -0.05) is 16.9 Å². The average molecular weight is 552 g/mol. The van der Waals surface area contributed by atoms with Crippen molar-refractivity contribution >= 4 is 53.0 Å². The summed E-state index contributed by atoms with van der Waals surface area (Å²) in [4.78, 5) is 55.4. The molecule has 2 aliphatic rings. The van der Waals surface area contributed by atoms with Crippen LogP contribution < -0.4 is 5.32 Å². The van der Waals surface area contributed by atoms with E-state index in [-0.39, 0.29) is 28.8 Å². The second-order valence-corrected chi connectivity index (χ2v) is 10.4. The van der Waals surface area contributed by atoms with Gasteiger partial charge in [0.15, 0.2) is 5.76 Å². The predicted molar refractivity (Wildman–Crippen MR) is 127 cm³/mol. The third-order valence-electron chi connectivity index (χ3n) is 5.35. The number of carboxylic acid groups (broad SMARTS) is 2. The summed E-state index contributed by atoms with van der Waals surface area (Å²) in [5, 5.41) is 37.9. The number of aromatic nitrogens is 4. The minimum Gasteiger partial charge on any atom is -0.481 e. The number of fused-ring (bicyclic) bond motifs is 1. The van der Waals surface area contributed by atoms with Crippen molar-refractivity contribution in [2.45, 2.75) is 48.2 Å². The maximum absolute atomic E-state index is 13.0.